The average molecular weight is 369 g/mol. The minimum absolute atomic E-state index is 0.112. The van der Waals surface area contributed by atoms with Crippen molar-refractivity contribution >= 4 is 11.6 Å². The van der Waals surface area contributed by atoms with Crippen molar-refractivity contribution in [3.63, 3.8) is 0 Å². The lowest BCUT2D eigenvalue weighted by atomic mass is 9.99. The molecule has 1 aliphatic rings. The molecule has 1 aromatic carbocycles. The summed E-state index contributed by atoms with van der Waals surface area (Å²) < 4.78 is 1.66. The largest absolute Gasteiger partial charge is 0.321 e. The second-order valence-electron chi connectivity index (χ2n) is 8.16. The number of hydrogen-bond donors (Lipinski definition) is 1. The number of carbonyl (C=O) groups excluding carboxylic acids is 1. The molecule has 1 amide bonds. The van der Waals surface area contributed by atoms with Crippen molar-refractivity contribution in [1.82, 2.24) is 14.7 Å². The predicted molar refractivity (Wildman–Crippen MR) is 110 cm³/mol. The molecule has 1 aromatic heterocycles. The Hall–Kier alpha value is -2.14. The standard InChI is InChI=1S/C22H32N4O/c1-16(2)20-15-21(25(4)24-20)22(27)23-19-7-5-6-18(14-19)10-13-26-11-8-17(3)9-12-26/h5-7,14-17H,8-13H2,1-4H3,(H,23,27). The van der Waals surface area contributed by atoms with E-state index in [4.69, 9.17) is 0 Å². The van der Waals surface area contributed by atoms with Crippen molar-refractivity contribution in [3.05, 3.63) is 47.3 Å². The summed E-state index contributed by atoms with van der Waals surface area (Å²) in [6.45, 7) is 10.00. The van der Waals surface area contributed by atoms with Crippen molar-refractivity contribution in [1.29, 1.82) is 0 Å². The van der Waals surface area contributed by atoms with Crippen LogP contribution in [0, 0.1) is 5.92 Å². The molecule has 1 N–H and O–H groups in total. The van der Waals surface area contributed by atoms with E-state index in [-0.39, 0.29) is 5.91 Å². The number of amides is 1. The van der Waals surface area contributed by atoms with Gasteiger partial charge in [-0.25, -0.2) is 0 Å². The molecular weight excluding hydrogens is 336 g/mol. The van der Waals surface area contributed by atoms with E-state index < -0.39 is 0 Å². The molecule has 0 saturated carbocycles. The number of hydrogen-bond acceptors (Lipinski definition) is 3. The Morgan fingerprint density at radius 3 is 2.67 bits per heavy atom. The van der Waals surface area contributed by atoms with Gasteiger partial charge in [-0.05, 0) is 68.0 Å². The molecule has 0 radical (unpaired) electrons. The Labute approximate surface area is 162 Å². The molecule has 5 heteroatoms. The van der Waals surface area contributed by atoms with Gasteiger partial charge in [0.15, 0.2) is 0 Å². The van der Waals surface area contributed by atoms with E-state index in [1.54, 1.807) is 4.68 Å². The van der Waals surface area contributed by atoms with Crippen LogP contribution in [0.15, 0.2) is 30.3 Å². The highest BCUT2D eigenvalue weighted by molar-refractivity contribution is 6.03. The molecule has 1 saturated heterocycles. The van der Waals surface area contributed by atoms with Gasteiger partial charge in [-0.1, -0.05) is 32.9 Å². The normalized spacial score (nSPS) is 16.0. The van der Waals surface area contributed by atoms with E-state index in [1.165, 1.54) is 31.5 Å². The second kappa shape index (κ2) is 8.70. The van der Waals surface area contributed by atoms with Gasteiger partial charge in [-0.15, -0.1) is 0 Å². The lowest BCUT2D eigenvalue weighted by molar-refractivity contribution is 0.101. The van der Waals surface area contributed by atoms with Gasteiger partial charge >= 0.3 is 0 Å². The fraction of sp³-hybridized carbons (Fsp3) is 0.545. The summed E-state index contributed by atoms with van der Waals surface area (Å²) in [7, 11) is 1.82. The van der Waals surface area contributed by atoms with Gasteiger partial charge in [-0.3, -0.25) is 9.48 Å². The first-order chi connectivity index (χ1) is 12.9. The predicted octanol–water partition coefficient (Wildman–Crippen LogP) is 4.07. The molecule has 0 bridgehead atoms. The van der Waals surface area contributed by atoms with Crippen molar-refractivity contribution < 1.29 is 4.79 Å². The molecule has 0 aliphatic carbocycles. The maximum absolute atomic E-state index is 12.6. The Bertz CT molecular complexity index is 772. The van der Waals surface area contributed by atoms with Crippen LogP contribution in [-0.2, 0) is 13.5 Å². The number of nitrogens with zero attached hydrogens (tertiary/aromatic N) is 3. The van der Waals surface area contributed by atoms with Crippen molar-refractivity contribution in [3.8, 4) is 0 Å². The Kier molecular flexibility index (Phi) is 6.32. The summed E-state index contributed by atoms with van der Waals surface area (Å²) in [6.07, 6.45) is 3.62. The molecule has 0 atom stereocenters. The third kappa shape index (κ3) is 5.19. The van der Waals surface area contributed by atoms with Crippen LogP contribution in [0.4, 0.5) is 5.69 Å². The first-order valence-electron chi connectivity index (χ1n) is 10.1. The minimum atomic E-state index is -0.112. The molecule has 5 nitrogen and oxygen atoms in total. The van der Waals surface area contributed by atoms with E-state index >= 15 is 0 Å². The zero-order chi connectivity index (χ0) is 19.4. The number of likely N-dealkylation sites (tertiary alicyclic amines) is 1. The maximum Gasteiger partial charge on any atom is 0.273 e. The van der Waals surface area contributed by atoms with Gasteiger partial charge in [0.2, 0.25) is 0 Å². The van der Waals surface area contributed by atoms with Crippen molar-refractivity contribution in [2.75, 3.05) is 25.0 Å². The number of aryl methyl sites for hydroxylation is 1. The highest BCUT2D eigenvalue weighted by Crippen LogP contribution is 2.18. The highest BCUT2D eigenvalue weighted by Gasteiger charge is 2.16. The van der Waals surface area contributed by atoms with Crippen LogP contribution < -0.4 is 5.32 Å². The first kappa shape index (κ1) is 19.6. The number of rotatable bonds is 6. The Morgan fingerprint density at radius 1 is 1.26 bits per heavy atom. The summed E-state index contributed by atoms with van der Waals surface area (Å²) in [4.78, 5) is 15.2. The number of nitrogens with one attached hydrogen (secondary N) is 1. The van der Waals surface area contributed by atoms with Gasteiger partial charge in [0.25, 0.3) is 5.91 Å². The van der Waals surface area contributed by atoms with Crippen LogP contribution in [0.3, 0.4) is 0 Å². The third-order valence-corrected chi connectivity index (χ3v) is 5.50. The zero-order valence-corrected chi connectivity index (χ0v) is 17.0. The molecule has 27 heavy (non-hydrogen) atoms. The van der Waals surface area contributed by atoms with E-state index in [1.807, 2.05) is 25.2 Å². The van der Waals surface area contributed by atoms with Gasteiger partial charge in [0.05, 0.1) is 5.69 Å². The van der Waals surface area contributed by atoms with Crippen LogP contribution >= 0.6 is 0 Å². The maximum atomic E-state index is 12.6. The van der Waals surface area contributed by atoms with Crippen LogP contribution in [0.25, 0.3) is 0 Å². The summed E-state index contributed by atoms with van der Waals surface area (Å²) >= 11 is 0. The first-order valence-corrected chi connectivity index (χ1v) is 10.1. The second-order valence-corrected chi connectivity index (χ2v) is 8.16. The van der Waals surface area contributed by atoms with E-state index in [0.717, 1.165) is 30.3 Å². The zero-order valence-electron chi connectivity index (χ0n) is 17.0. The molecule has 2 aromatic rings. The fourth-order valence-corrected chi connectivity index (χ4v) is 3.56. The lowest BCUT2D eigenvalue weighted by Crippen LogP contribution is -2.34. The Morgan fingerprint density at radius 2 is 2.00 bits per heavy atom. The lowest BCUT2D eigenvalue weighted by Gasteiger charge is -2.30. The van der Waals surface area contributed by atoms with E-state index in [0.29, 0.717) is 11.6 Å². The number of piperidine rings is 1. The molecular formula is C22H32N4O. The molecule has 2 heterocycles. The molecule has 0 spiro atoms. The quantitative estimate of drug-likeness (QED) is 0.836. The van der Waals surface area contributed by atoms with Crippen LogP contribution in [0.2, 0.25) is 0 Å². The van der Waals surface area contributed by atoms with Crippen molar-refractivity contribution in [2.45, 2.75) is 46.0 Å². The number of aromatic nitrogens is 2. The molecule has 146 valence electrons. The van der Waals surface area contributed by atoms with Gasteiger partial charge < -0.3 is 10.2 Å². The van der Waals surface area contributed by atoms with Crippen molar-refractivity contribution in [2.24, 2.45) is 13.0 Å². The number of benzene rings is 1. The monoisotopic (exact) mass is 368 g/mol. The van der Waals surface area contributed by atoms with Crippen LogP contribution in [0.1, 0.15) is 61.3 Å². The fourth-order valence-electron chi connectivity index (χ4n) is 3.56. The molecule has 1 aliphatic heterocycles. The third-order valence-electron chi connectivity index (χ3n) is 5.50. The summed E-state index contributed by atoms with van der Waals surface area (Å²) in [6, 6.07) is 10.1. The minimum Gasteiger partial charge on any atom is -0.321 e. The number of carbonyl (C=O) groups is 1. The topological polar surface area (TPSA) is 50.2 Å². The SMILES string of the molecule is CC1CCN(CCc2cccc(NC(=O)c3cc(C(C)C)nn3C)c2)CC1. The van der Waals surface area contributed by atoms with Crippen LogP contribution in [-0.4, -0.2) is 40.2 Å². The van der Waals surface area contributed by atoms with Gasteiger partial charge in [-0.2, -0.15) is 5.10 Å². The Balaban J connectivity index is 1.59. The van der Waals surface area contributed by atoms with E-state index in [9.17, 15) is 4.79 Å². The summed E-state index contributed by atoms with van der Waals surface area (Å²) in [5, 5.41) is 7.45. The van der Waals surface area contributed by atoms with E-state index in [2.05, 4.69) is 48.2 Å². The summed E-state index contributed by atoms with van der Waals surface area (Å²) in [5.41, 5.74) is 3.63. The van der Waals surface area contributed by atoms with Gasteiger partial charge in [0, 0.05) is 19.3 Å². The molecule has 3 rings (SSSR count). The smallest absolute Gasteiger partial charge is 0.273 e. The molecule has 1 fully saturated rings. The average Bonchev–Trinajstić information content (AvgIpc) is 3.04. The summed E-state index contributed by atoms with van der Waals surface area (Å²) in [5.74, 6) is 1.06. The molecule has 0 unspecified atom stereocenters. The van der Waals surface area contributed by atoms with Gasteiger partial charge in [0.1, 0.15) is 5.69 Å². The highest BCUT2D eigenvalue weighted by atomic mass is 16.2. The number of anilines is 1. The van der Waals surface area contributed by atoms with Crippen LogP contribution in [0.5, 0.6) is 0 Å².